The van der Waals surface area contributed by atoms with E-state index in [-0.39, 0.29) is 117 Å². The predicted octanol–water partition coefficient (Wildman–Crippen LogP) is 25.6. The Bertz CT molecular complexity index is 4350. The molecule has 0 heterocycles. The molecule has 13 nitrogen and oxygen atoms in total. The van der Waals surface area contributed by atoms with Crippen LogP contribution in [0.3, 0.4) is 0 Å². The molecule has 12 rings (SSSR count). The molecule has 117 heavy (non-hydrogen) atoms. The van der Waals surface area contributed by atoms with Crippen LogP contribution in [0.5, 0.6) is 74.7 Å². The number of hydrogen-bond donors (Lipinski definition) is 4. The van der Waals surface area contributed by atoms with E-state index in [0.717, 1.165) is 69.8 Å². The van der Waals surface area contributed by atoms with Crippen molar-refractivity contribution in [2.75, 3.05) is 64.0 Å². The number of aryl methyl sites for hydroxylation is 2. The van der Waals surface area contributed by atoms with E-state index in [4.69, 9.17) is 52.8 Å². The minimum absolute atomic E-state index is 0. The second kappa shape index (κ2) is 64.8. The molecule has 0 aliphatic rings. The summed E-state index contributed by atoms with van der Waals surface area (Å²) in [5, 5.41) is 37.0. The van der Waals surface area contributed by atoms with Gasteiger partial charge in [0.25, 0.3) is 0 Å². The summed E-state index contributed by atoms with van der Waals surface area (Å²) in [4.78, 5) is 0. The quantitative estimate of drug-likeness (QED) is 0.0447. The van der Waals surface area contributed by atoms with Crippen LogP contribution >= 0.6 is 0 Å². The zero-order valence-electron chi connectivity index (χ0n) is 71.1. The summed E-state index contributed by atoms with van der Waals surface area (Å²) in [6.07, 6.45) is 5.98. The third kappa shape index (κ3) is 43.0. The maximum atomic E-state index is 10.0. The topological polar surface area (TPSA) is 164 Å². The van der Waals surface area contributed by atoms with Crippen molar-refractivity contribution in [1.82, 2.24) is 0 Å². The molecule has 4 N–H and O–H groups in total. The molecule has 0 unspecified atom stereocenters. The normalized spacial score (nSPS) is 9.31. The molecule has 0 atom stereocenters. The van der Waals surface area contributed by atoms with Crippen LogP contribution in [0.25, 0.3) is 0 Å². The average Bonchev–Trinajstić information content (AvgIpc) is 0.800. The monoisotopic (exact) mass is 1740 g/mol. The van der Waals surface area contributed by atoms with Gasteiger partial charge in [-0.05, 0) is 199 Å². The first-order valence-electron chi connectivity index (χ1n) is 36.4. The summed E-state index contributed by atoms with van der Waals surface area (Å²) in [7, 11) is 14.8. The first-order valence-corrected chi connectivity index (χ1v) is 36.4. The molecule has 0 saturated carbocycles. The molecule has 0 spiro atoms. The molecular formula is C102H130O13Y2-2. The number of para-hydroxylation sites is 5. The van der Waals surface area contributed by atoms with E-state index in [2.05, 4.69) is 109 Å². The molecule has 0 aromatic heterocycles. The van der Waals surface area contributed by atoms with E-state index >= 15 is 0 Å². The van der Waals surface area contributed by atoms with E-state index in [0.29, 0.717) is 29.4 Å². The van der Waals surface area contributed by atoms with Gasteiger partial charge in [-0.25, -0.2) is 0 Å². The van der Waals surface area contributed by atoms with E-state index < -0.39 is 0 Å². The van der Waals surface area contributed by atoms with Gasteiger partial charge >= 0.3 is 0 Å². The fourth-order valence-electron chi connectivity index (χ4n) is 10.3. The summed E-state index contributed by atoms with van der Waals surface area (Å²) >= 11 is 0. The van der Waals surface area contributed by atoms with Crippen molar-refractivity contribution < 1.29 is 128 Å². The van der Waals surface area contributed by atoms with Gasteiger partial charge in [0.15, 0.2) is 11.5 Å². The molecule has 0 bridgehead atoms. The maximum absolute atomic E-state index is 10.0. The molecular weight excluding hydrogens is 1610 g/mol. The fraction of sp³-hybridized carbons (Fsp3) is 0.235. The van der Waals surface area contributed by atoms with Crippen molar-refractivity contribution in [3.8, 4) is 74.7 Å². The van der Waals surface area contributed by atoms with Gasteiger partial charge in [0.2, 0.25) is 0 Å². The van der Waals surface area contributed by atoms with E-state index in [1.807, 2.05) is 196 Å². The number of ether oxygens (including phenoxy) is 9. The Balaban J connectivity index is -0.000000626. The van der Waals surface area contributed by atoms with Gasteiger partial charge in [-0.1, -0.05) is 250 Å². The Kier molecular flexibility index (Phi) is 62.7. The van der Waals surface area contributed by atoms with Crippen molar-refractivity contribution in [2.45, 2.75) is 100 Å². The number of allylic oxidation sites excluding steroid dienone is 2. The summed E-state index contributed by atoms with van der Waals surface area (Å²) in [5.74, 6) is 8.52. The summed E-state index contributed by atoms with van der Waals surface area (Å²) in [6, 6.07) is 95.0. The second-order valence-corrected chi connectivity index (χ2v) is 25.3. The van der Waals surface area contributed by atoms with Crippen molar-refractivity contribution in [3.05, 3.63) is 393 Å². The fourth-order valence-corrected chi connectivity index (χ4v) is 10.3. The number of aromatic hydroxyl groups is 4. The average molecular weight is 1740 g/mol. The number of hydrogen-bond acceptors (Lipinski definition) is 13. The molecule has 624 valence electrons. The van der Waals surface area contributed by atoms with Crippen LogP contribution in [-0.4, -0.2) is 84.4 Å². The molecule has 12 aromatic carbocycles. The van der Waals surface area contributed by atoms with Gasteiger partial charge in [-0.3, -0.25) is 0 Å². The van der Waals surface area contributed by atoms with Gasteiger partial charge in [-0.15, -0.1) is 13.2 Å². The van der Waals surface area contributed by atoms with Crippen molar-refractivity contribution in [3.63, 3.8) is 0 Å². The zero-order chi connectivity index (χ0) is 81.8. The largest absolute Gasteiger partial charge is 0.508 e. The van der Waals surface area contributed by atoms with E-state index in [1.165, 1.54) is 46.1 Å². The van der Waals surface area contributed by atoms with Crippen LogP contribution in [0.4, 0.5) is 0 Å². The summed E-state index contributed by atoms with van der Waals surface area (Å²) in [6.45, 7) is 24.6. The Morgan fingerprint density at radius 2 is 0.598 bits per heavy atom. The molecule has 0 fully saturated rings. The third-order valence-electron chi connectivity index (χ3n) is 17.0. The van der Waals surface area contributed by atoms with Crippen LogP contribution < -0.4 is 42.6 Å². The summed E-state index contributed by atoms with van der Waals surface area (Å²) < 4.78 is 45.1. The molecule has 15 heteroatoms. The van der Waals surface area contributed by atoms with Gasteiger partial charge in [0.05, 0.1) is 64.0 Å². The Morgan fingerprint density at radius 1 is 0.291 bits per heavy atom. The first-order chi connectivity index (χ1) is 53.5. The molecule has 0 amide bonds. The van der Waals surface area contributed by atoms with E-state index in [9.17, 15) is 10.2 Å². The minimum atomic E-state index is -0.189. The number of rotatable bonds is 19. The number of methoxy groups -OCH3 is 9. The maximum Gasteiger partial charge on any atom is 0.160 e. The Hall–Kier alpha value is -10.3. The van der Waals surface area contributed by atoms with Crippen molar-refractivity contribution in [1.29, 1.82) is 0 Å². The van der Waals surface area contributed by atoms with Gasteiger partial charge in [-0.2, -0.15) is 0 Å². The SMILES string of the molecule is C.C.C=CCc1cc(C(C)(C)c2ccc(OC)c(CC=C)c2)ccc1O.CC.COc1ccc(C(C)(C)c2ccc(C)cc2)cc1.COc1ccc(C)cc1.COc1ccc(Cc2ccc(O)cc2)cc1.COc1cccc(O)c1.COc1ccccc1.COc1ccccc1.COc1ccccc1.COc1ccccc1O.[CH3-].[CH3-].[Y].[Y]. The van der Waals surface area contributed by atoms with Crippen molar-refractivity contribution in [2.24, 2.45) is 0 Å². The Labute approximate surface area is 754 Å². The Morgan fingerprint density at radius 3 is 0.957 bits per heavy atom. The molecule has 0 aliphatic heterocycles. The van der Waals surface area contributed by atoms with Crippen LogP contribution in [0.2, 0.25) is 0 Å². The van der Waals surface area contributed by atoms with Crippen LogP contribution in [-0.2, 0) is 95.5 Å². The third-order valence-corrected chi connectivity index (χ3v) is 17.0. The van der Waals surface area contributed by atoms with Crippen molar-refractivity contribution >= 4 is 0 Å². The zero-order valence-corrected chi connectivity index (χ0v) is 76.8. The first kappa shape index (κ1) is 113. The van der Waals surface area contributed by atoms with Gasteiger partial charge < -0.3 is 77.9 Å². The number of phenolic OH excluding ortho intramolecular Hbond substituents is 4. The summed E-state index contributed by atoms with van der Waals surface area (Å²) in [5.41, 5.74) is 11.8. The van der Waals surface area contributed by atoms with E-state index in [1.54, 1.807) is 130 Å². The predicted molar refractivity (Wildman–Crippen MR) is 485 cm³/mol. The number of benzene rings is 12. The standard InChI is InChI=1S/C22H26O2.C17H20O.C14H14O2.C8H10O.2C7H8O2.3C7H8O.C2H6.2CH4.2CH3.2Y/c1-6-8-16-14-18(10-12-20(16)23)22(3,4)19-11-13-21(24-5)17(15-19)9-7-2;1-13-5-7-14(8-6-13)17(2,3)15-9-11-16(18-4)12-10-15;1-16-14-8-4-12(5-9-14)10-11-2-6-13(15)7-3-11;1-7-3-5-8(9-2)6-4-7;1-9-7-4-2-3-6(8)5-7;1-9-7-5-3-2-4-6(7)8;3*1-8-7-5-3-2-4-6-7;1-2;;;;;;/h6-7,10-15,23H,1-2,8-9H2,3-5H3;5-12H,1-4H3;2-9,15H,10H2,1H3;3-6H,1-2H3;2*2-5,8H,1H3;3*2-6H,1H3;1-2H3;2*1H4;2*1H3;;/q;;;;;;;;;;;;2*-1;;. The molecule has 0 aliphatic carbocycles. The molecule has 12 aromatic rings. The molecule has 2 radical (unpaired) electrons. The van der Waals surface area contributed by atoms with Gasteiger partial charge in [0, 0.05) is 82.3 Å². The molecule has 0 saturated heterocycles. The minimum Gasteiger partial charge on any atom is -0.508 e. The smallest absolute Gasteiger partial charge is 0.160 e. The second-order valence-electron chi connectivity index (χ2n) is 25.3. The van der Waals surface area contributed by atoms with Crippen LogP contribution in [0.1, 0.15) is 112 Å². The number of phenols is 4. The van der Waals surface area contributed by atoms with Crippen LogP contribution in [0.15, 0.2) is 323 Å². The van der Waals surface area contributed by atoms with Gasteiger partial charge in [0.1, 0.15) is 63.2 Å². The van der Waals surface area contributed by atoms with Crippen LogP contribution in [0, 0.1) is 28.7 Å².